The standard InChI is InChI=1S/C18H22N4O2/c1-12-6-7-16(24-3)14(10-12)20-18-19-13(2)11-15(21-18)17(23)22-8-4-5-9-22/h6-7,10-11H,4-5,8-9H2,1-3H3,(H,19,20,21). The number of hydrogen-bond donors (Lipinski definition) is 1. The Balaban J connectivity index is 1.89. The van der Waals surface area contributed by atoms with Gasteiger partial charge < -0.3 is 15.0 Å². The molecule has 0 atom stereocenters. The highest BCUT2D eigenvalue weighted by Crippen LogP contribution is 2.27. The first-order valence-corrected chi connectivity index (χ1v) is 8.13. The van der Waals surface area contributed by atoms with Gasteiger partial charge in [-0.1, -0.05) is 6.07 Å². The molecule has 1 fully saturated rings. The number of nitrogens with one attached hydrogen (secondary N) is 1. The molecule has 2 aromatic rings. The molecule has 0 bridgehead atoms. The summed E-state index contributed by atoms with van der Waals surface area (Å²) >= 11 is 0. The summed E-state index contributed by atoms with van der Waals surface area (Å²) in [6.45, 7) is 5.47. The summed E-state index contributed by atoms with van der Waals surface area (Å²) < 4.78 is 5.37. The van der Waals surface area contributed by atoms with E-state index in [1.807, 2.05) is 36.9 Å². The summed E-state index contributed by atoms with van der Waals surface area (Å²) in [7, 11) is 1.62. The number of methoxy groups -OCH3 is 1. The number of aryl methyl sites for hydroxylation is 2. The van der Waals surface area contributed by atoms with E-state index in [0.717, 1.165) is 42.9 Å². The van der Waals surface area contributed by atoms with Crippen molar-refractivity contribution in [3.8, 4) is 5.75 Å². The van der Waals surface area contributed by atoms with Crippen molar-refractivity contribution in [1.82, 2.24) is 14.9 Å². The smallest absolute Gasteiger partial charge is 0.272 e. The molecule has 1 aliphatic rings. The second kappa shape index (κ2) is 6.86. The molecule has 1 aliphatic heterocycles. The minimum Gasteiger partial charge on any atom is -0.495 e. The molecule has 3 rings (SSSR count). The SMILES string of the molecule is COc1ccc(C)cc1Nc1nc(C)cc(C(=O)N2CCCC2)n1. The lowest BCUT2D eigenvalue weighted by molar-refractivity contribution is 0.0787. The van der Waals surface area contributed by atoms with Crippen molar-refractivity contribution in [3.05, 3.63) is 41.2 Å². The first-order valence-electron chi connectivity index (χ1n) is 8.13. The van der Waals surface area contributed by atoms with Gasteiger partial charge in [-0.3, -0.25) is 4.79 Å². The molecule has 1 N–H and O–H groups in total. The highest BCUT2D eigenvalue weighted by atomic mass is 16.5. The van der Waals surface area contributed by atoms with Gasteiger partial charge in [0.15, 0.2) is 0 Å². The van der Waals surface area contributed by atoms with Gasteiger partial charge in [0, 0.05) is 18.8 Å². The van der Waals surface area contributed by atoms with Crippen LogP contribution >= 0.6 is 0 Å². The van der Waals surface area contributed by atoms with Gasteiger partial charge in [-0.2, -0.15) is 0 Å². The van der Waals surface area contributed by atoms with Crippen LogP contribution in [0.4, 0.5) is 11.6 Å². The highest BCUT2D eigenvalue weighted by Gasteiger charge is 2.21. The molecule has 6 heteroatoms. The summed E-state index contributed by atoms with van der Waals surface area (Å²) in [6, 6.07) is 7.57. The topological polar surface area (TPSA) is 67.3 Å². The Labute approximate surface area is 141 Å². The number of carbonyl (C=O) groups is 1. The summed E-state index contributed by atoms with van der Waals surface area (Å²) in [5.41, 5.74) is 3.06. The van der Waals surface area contributed by atoms with E-state index < -0.39 is 0 Å². The first kappa shape index (κ1) is 16.2. The Hall–Kier alpha value is -2.63. The number of aromatic nitrogens is 2. The predicted molar refractivity (Wildman–Crippen MR) is 92.9 cm³/mol. The lowest BCUT2D eigenvalue weighted by Gasteiger charge is -2.16. The molecule has 0 aliphatic carbocycles. The predicted octanol–water partition coefficient (Wildman–Crippen LogP) is 3.08. The number of amides is 1. The molecule has 24 heavy (non-hydrogen) atoms. The fraction of sp³-hybridized carbons (Fsp3) is 0.389. The highest BCUT2D eigenvalue weighted by molar-refractivity contribution is 5.93. The normalized spacial score (nSPS) is 13.9. The largest absolute Gasteiger partial charge is 0.495 e. The Morgan fingerprint density at radius 3 is 2.62 bits per heavy atom. The molecule has 1 amide bonds. The van der Waals surface area contributed by atoms with Crippen LogP contribution in [0.25, 0.3) is 0 Å². The van der Waals surface area contributed by atoms with Crippen LogP contribution < -0.4 is 10.1 Å². The van der Waals surface area contributed by atoms with Gasteiger partial charge >= 0.3 is 0 Å². The van der Waals surface area contributed by atoms with Crippen LogP contribution in [0.15, 0.2) is 24.3 Å². The molecule has 0 spiro atoms. The maximum atomic E-state index is 12.6. The van der Waals surface area contributed by atoms with Crippen LogP contribution in [0.3, 0.4) is 0 Å². The average Bonchev–Trinajstić information content (AvgIpc) is 3.08. The van der Waals surface area contributed by atoms with Gasteiger partial charge in [0.1, 0.15) is 11.4 Å². The quantitative estimate of drug-likeness (QED) is 0.935. The van der Waals surface area contributed by atoms with Crippen molar-refractivity contribution in [1.29, 1.82) is 0 Å². The molecule has 1 aromatic heterocycles. The van der Waals surface area contributed by atoms with Crippen molar-refractivity contribution < 1.29 is 9.53 Å². The van der Waals surface area contributed by atoms with E-state index in [4.69, 9.17) is 4.74 Å². The fourth-order valence-corrected chi connectivity index (χ4v) is 2.86. The zero-order chi connectivity index (χ0) is 17.1. The van der Waals surface area contributed by atoms with Crippen molar-refractivity contribution in [2.24, 2.45) is 0 Å². The summed E-state index contributed by atoms with van der Waals surface area (Å²) in [5, 5.41) is 3.17. The summed E-state index contributed by atoms with van der Waals surface area (Å²) in [4.78, 5) is 23.2. The van der Waals surface area contributed by atoms with Crippen molar-refractivity contribution in [2.45, 2.75) is 26.7 Å². The number of nitrogens with zero attached hydrogens (tertiary/aromatic N) is 3. The molecule has 2 heterocycles. The second-order valence-corrected chi connectivity index (χ2v) is 6.05. The monoisotopic (exact) mass is 326 g/mol. The van der Waals surface area contributed by atoms with E-state index in [-0.39, 0.29) is 5.91 Å². The van der Waals surface area contributed by atoms with Gasteiger partial charge in [-0.05, 0) is 50.5 Å². The van der Waals surface area contributed by atoms with Crippen molar-refractivity contribution in [3.63, 3.8) is 0 Å². The second-order valence-electron chi connectivity index (χ2n) is 6.05. The Bertz CT molecular complexity index is 755. The maximum absolute atomic E-state index is 12.6. The lowest BCUT2D eigenvalue weighted by atomic mass is 10.2. The zero-order valence-corrected chi connectivity index (χ0v) is 14.3. The Morgan fingerprint density at radius 1 is 1.17 bits per heavy atom. The van der Waals surface area contributed by atoms with E-state index in [9.17, 15) is 4.79 Å². The Morgan fingerprint density at radius 2 is 1.92 bits per heavy atom. The first-order chi connectivity index (χ1) is 11.6. The van der Waals surface area contributed by atoms with Crippen LogP contribution in [0.2, 0.25) is 0 Å². The third kappa shape index (κ3) is 3.48. The van der Waals surface area contributed by atoms with Crippen LogP contribution in [-0.2, 0) is 0 Å². The van der Waals surface area contributed by atoms with E-state index in [1.165, 1.54) is 0 Å². The molecule has 6 nitrogen and oxygen atoms in total. The molecule has 1 aromatic carbocycles. The molecular formula is C18H22N4O2. The van der Waals surface area contributed by atoms with E-state index in [0.29, 0.717) is 17.4 Å². The van der Waals surface area contributed by atoms with E-state index in [1.54, 1.807) is 13.2 Å². The van der Waals surface area contributed by atoms with Crippen molar-refractivity contribution in [2.75, 3.05) is 25.5 Å². The van der Waals surface area contributed by atoms with Crippen LogP contribution in [0.1, 0.15) is 34.6 Å². The third-order valence-corrected chi connectivity index (χ3v) is 4.07. The number of likely N-dealkylation sites (tertiary alicyclic amines) is 1. The number of ether oxygens (including phenoxy) is 1. The van der Waals surface area contributed by atoms with Gasteiger partial charge in [-0.25, -0.2) is 9.97 Å². The minimum absolute atomic E-state index is 0.0303. The van der Waals surface area contributed by atoms with Crippen LogP contribution in [0.5, 0.6) is 5.75 Å². The van der Waals surface area contributed by atoms with Crippen LogP contribution in [0, 0.1) is 13.8 Å². The third-order valence-electron chi connectivity index (χ3n) is 4.07. The fourth-order valence-electron chi connectivity index (χ4n) is 2.86. The van der Waals surface area contributed by atoms with Gasteiger partial charge in [0.25, 0.3) is 5.91 Å². The summed E-state index contributed by atoms with van der Waals surface area (Å²) in [5.74, 6) is 1.08. The van der Waals surface area contributed by atoms with E-state index in [2.05, 4.69) is 15.3 Å². The maximum Gasteiger partial charge on any atom is 0.272 e. The minimum atomic E-state index is -0.0303. The van der Waals surface area contributed by atoms with E-state index >= 15 is 0 Å². The van der Waals surface area contributed by atoms with Gasteiger partial charge in [-0.15, -0.1) is 0 Å². The van der Waals surface area contributed by atoms with Crippen molar-refractivity contribution >= 4 is 17.5 Å². The van der Waals surface area contributed by atoms with Gasteiger partial charge in [0.05, 0.1) is 12.8 Å². The number of rotatable bonds is 4. The molecule has 0 radical (unpaired) electrons. The molecular weight excluding hydrogens is 304 g/mol. The number of hydrogen-bond acceptors (Lipinski definition) is 5. The summed E-state index contributed by atoms with van der Waals surface area (Å²) in [6.07, 6.45) is 2.11. The lowest BCUT2D eigenvalue weighted by Crippen LogP contribution is -2.28. The Kier molecular flexibility index (Phi) is 4.64. The number of anilines is 2. The molecule has 1 saturated heterocycles. The molecule has 0 saturated carbocycles. The average molecular weight is 326 g/mol. The molecule has 0 unspecified atom stereocenters. The number of benzene rings is 1. The van der Waals surface area contributed by atoms with Gasteiger partial charge in [0.2, 0.25) is 5.95 Å². The zero-order valence-electron chi connectivity index (χ0n) is 14.3. The number of carbonyl (C=O) groups excluding carboxylic acids is 1. The molecule has 126 valence electrons. The van der Waals surface area contributed by atoms with Crippen LogP contribution in [-0.4, -0.2) is 41.0 Å².